The van der Waals surface area contributed by atoms with Gasteiger partial charge in [-0.3, -0.25) is 0 Å². The molecule has 1 saturated heterocycles. The van der Waals surface area contributed by atoms with Crippen LogP contribution in [0.25, 0.3) is 0 Å². The molecular formula is C24H33ClFNO3. The highest BCUT2D eigenvalue weighted by Gasteiger charge is 2.27. The molecule has 0 saturated carbocycles. The maximum atomic E-state index is 13.1. The summed E-state index contributed by atoms with van der Waals surface area (Å²) in [5, 5.41) is 20.9. The van der Waals surface area contributed by atoms with Crippen LogP contribution < -0.4 is 4.74 Å². The fourth-order valence-corrected chi connectivity index (χ4v) is 3.88. The third kappa shape index (κ3) is 6.95. The summed E-state index contributed by atoms with van der Waals surface area (Å²) >= 11 is 0. The topological polar surface area (TPSA) is 52.9 Å². The second kappa shape index (κ2) is 11.7. The van der Waals surface area contributed by atoms with E-state index in [1.165, 1.54) is 17.7 Å². The second-order valence-corrected chi connectivity index (χ2v) is 8.32. The summed E-state index contributed by atoms with van der Waals surface area (Å²) in [5.74, 6) is 1.13. The highest BCUT2D eigenvalue weighted by atomic mass is 35.5. The Morgan fingerprint density at radius 2 is 1.53 bits per heavy atom. The average molecular weight is 438 g/mol. The number of likely N-dealkylation sites (tertiary alicyclic amines) is 1. The zero-order chi connectivity index (χ0) is 20.8. The molecule has 0 spiro atoms. The molecule has 2 N–H and O–H groups in total. The Balaban J connectivity index is 0.00000320. The molecule has 2 unspecified atom stereocenters. The van der Waals surface area contributed by atoms with Crippen LogP contribution >= 0.6 is 12.4 Å². The first-order valence-electron chi connectivity index (χ1n) is 10.5. The molecule has 166 valence electrons. The van der Waals surface area contributed by atoms with Gasteiger partial charge in [0, 0.05) is 6.54 Å². The van der Waals surface area contributed by atoms with Gasteiger partial charge in [-0.15, -0.1) is 12.4 Å². The van der Waals surface area contributed by atoms with E-state index in [2.05, 4.69) is 30.9 Å². The number of hydrogen-bond donors (Lipinski definition) is 2. The Morgan fingerprint density at radius 3 is 2.10 bits per heavy atom. The lowest BCUT2D eigenvalue weighted by Gasteiger charge is -2.35. The van der Waals surface area contributed by atoms with Gasteiger partial charge in [0.05, 0.1) is 6.10 Å². The van der Waals surface area contributed by atoms with Gasteiger partial charge >= 0.3 is 0 Å². The summed E-state index contributed by atoms with van der Waals surface area (Å²) in [4.78, 5) is 2.21. The molecule has 2 atom stereocenters. The lowest BCUT2D eigenvalue weighted by Crippen LogP contribution is -2.41. The van der Waals surface area contributed by atoms with Crippen molar-refractivity contribution < 1.29 is 19.3 Å². The van der Waals surface area contributed by atoms with Crippen LogP contribution in [0.3, 0.4) is 0 Å². The van der Waals surface area contributed by atoms with E-state index in [-0.39, 0.29) is 30.7 Å². The predicted octanol–water partition coefficient (Wildman–Crippen LogP) is 4.56. The van der Waals surface area contributed by atoms with Crippen molar-refractivity contribution in [2.24, 2.45) is 5.92 Å². The summed E-state index contributed by atoms with van der Waals surface area (Å²) in [6, 6.07) is 14.1. The molecule has 2 aromatic rings. The molecule has 1 aliphatic heterocycles. The maximum absolute atomic E-state index is 13.1. The SMILES string of the molecule is CC(C)c1ccc(OCC(O)CN2CCC(C(O)c3ccc(F)cc3)CC2)cc1.Cl. The number of halogens is 2. The molecule has 0 aliphatic carbocycles. The highest BCUT2D eigenvalue weighted by molar-refractivity contribution is 5.85. The van der Waals surface area contributed by atoms with Crippen molar-refractivity contribution in [2.75, 3.05) is 26.2 Å². The van der Waals surface area contributed by atoms with Gasteiger partial charge in [-0.25, -0.2) is 4.39 Å². The van der Waals surface area contributed by atoms with Crippen molar-refractivity contribution in [3.8, 4) is 5.75 Å². The van der Waals surface area contributed by atoms with E-state index in [1.807, 2.05) is 12.1 Å². The van der Waals surface area contributed by atoms with Gasteiger partial charge in [0.25, 0.3) is 0 Å². The van der Waals surface area contributed by atoms with E-state index in [0.717, 1.165) is 37.2 Å². The van der Waals surface area contributed by atoms with Crippen molar-refractivity contribution in [1.29, 1.82) is 0 Å². The molecule has 0 amide bonds. The molecule has 4 nitrogen and oxygen atoms in total. The standard InChI is InChI=1S/C24H32FNO3.ClH/c1-17(2)18-5-9-23(10-6-18)29-16-22(27)15-26-13-11-20(12-14-26)24(28)19-3-7-21(25)8-4-19;/h3-10,17,20,22,24,27-28H,11-16H2,1-2H3;1H. The number of rotatable bonds is 8. The van der Waals surface area contributed by atoms with Crippen molar-refractivity contribution in [3.05, 3.63) is 65.5 Å². The van der Waals surface area contributed by atoms with Crippen LogP contribution in [0, 0.1) is 11.7 Å². The first kappa shape index (κ1) is 24.6. The Bertz CT molecular complexity index is 746. The van der Waals surface area contributed by atoms with Crippen LogP contribution in [-0.4, -0.2) is 47.5 Å². The number of benzene rings is 2. The summed E-state index contributed by atoms with van der Waals surface area (Å²) in [5.41, 5.74) is 2.03. The van der Waals surface area contributed by atoms with E-state index >= 15 is 0 Å². The minimum absolute atomic E-state index is 0. The summed E-state index contributed by atoms with van der Waals surface area (Å²) < 4.78 is 18.8. The first-order chi connectivity index (χ1) is 13.9. The highest BCUT2D eigenvalue weighted by Crippen LogP contribution is 2.30. The molecule has 3 rings (SSSR count). The van der Waals surface area contributed by atoms with Crippen LogP contribution in [0.15, 0.2) is 48.5 Å². The Labute approximate surface area is 185 Å². The fourth-order valence-electron chi connectivity index (χ4n) is 3.88. The molecule has 2 aromatic carbocycles. The lowest BCUT2D eigenvalue weighted by atomic mass is 9.87. The molecule has 6 heteroatoms. The molecule has 30 heavy (non-hydrogen) atoms. The van der Waals surface area contributed by atoms with E-state index in [4.69, 9.17) is 4.74 Å². The predicted molar refractivity (Wildman–Crippen MR) is 120 cm³/mol. The minimum Gasteiger partial charge on any atom is -0.491 e. The molecule has 0 aromatic heterocycles. The number of aliphatic hydroxyl groups is 2. The fraction of sp³-hybridized carbons (Fsp3) is 0.500. The van der Waals surface area contributed by atoms with Gasteiger partial charge in [0.1, 0.15) is 24.3 Å². The summed E-state index contributed by atoms with van der Waals surface area (Å²) in [6.45, 7) is 6.78. The number of nitrogens with zero attached hydrogens (tertiary/aromatic N) is 1. The number of piperidine rings is 1. The quantitative estimate of drug-likeness (QED) is 0.635. The van der Waals surface area contributed by atoms with Gasteiger partial charge in [-0.2, -0.15) is 0 Å². The molecule has 0 bridgehead atoms. The van der Waals surface area contributed by atoms with Gasteiger partial charge in [0.15, 0.2) is 0 Å². The molecule has 1 heterocycles. The minimum atomic E-state index is -0.570. The van der Waals surface area contributed by atoms with E-state index in [1.54, 1.807) is 12.1 Å². The van der Waals surface area contributed by atoms with E-state index < -0.39 is 12.2 Å². The van der Waals surface area contributed by atoms with Gasteiger partial charge in [-0.05, 0) is 73.2 Å². The Morgan fingerprint density at radius 1 is 0.967 bits per heavy atom. The van der Waals surface area contributed by atoms with Crippen molar-refractivity contribution in [3.63, 3.8) is 0 Å². The number of aliphatic hydroxyl groups excluding tert-OH is 2. The number of ether oxygens (including phenoxy) is 1. The van der Waals surface area contributed by atoms with Crippen LogP contribution in [0.5, 0.6) is 5.75 Å². The normalized spacial score (nSPS) is 17.4. The monoisotopic (exact) mass is 437 g/mol. The van der Waals surface area contributed by atoms with Gasteiger partial charge < -0.3 is 19.8 Å². The smallest absolute Gasteiger partial charge is 0.123 e. The van der Waals surface area contributed by atoms with Gasteiger partial charge in [0.2, 0.25) is 0 Å². The molecular weight excluding hydrogens is 405 g/mol. The lowest BCUT2D eigenvalue weighted by molar-refractivity contribution is 0.0278. The first-order valence-corrected chi connectivity index (χ1v) is 10.5. The number of hydrogen-bond acceptors (Lipinski definition) is 4. The van der Waals surface area contributed by atoms with Gasteiger partial charge in [-0.1, -0.05) is 38.1 Å². The second-order valence-electron chi connectivity index (χ2n) is 8.32. The zero-order valence-corrected chi connectivity index (χ0v) is 18.5. The van der Waals surface area contributed by atoms with Crippen molar-refractivity contribution >= 4 is 12.4 Å². The van der Waals surface area contributed by atoms with E-state index in [9.17, 15) is 14.6 Å². The third-order valence-corrected chi connectivity index (χ3v) is 5.75. The van der Waals surface area contributed by atoms with Crippen LogP contribution in [-0.2, 0) is 0 Å². The van der Waals surface area contributed by atoms with Crippen molar-refractivity contribution in [2.45, 2.75) is 44.8 Å². The van der Waals surface area contributed by atoms with Crippen LogP contribution in [0.4, 0.5) is 4.39 Å². The van der Waals surface area contributed by atoms with Crippen molar-refractivity contribution in [1.82, 2.24) is 4.90 Å². The Hall–Kier alpha value is -1.66. The molecule has 1 aliphatic rings. The maximum Gasteiger partial charge on any atom is 0.123 e. The van der Waals surface area contributed by atoms with Crippen LogP contribution in [0.2, 0.25) is 0 Å². The third-order valence-electron chi connectivity index (χ3n) is 5.75. The largest absolute Gasteiger partial charge is 0.491 e. The summed E-state index contributed by atoms with van der Waals surface area (Å²) in [6.07, 6.45) is 0.573. The number of β-amino-alcohol motifs (C(OH)–C–C–N with tert-alkyl or cyclic N) is 1. The van der Waals surface area contributed by atoms with Crippen LogP contribution in [0.1, 0.15) is 49.8 Å². The summed E-state index contributed by atoms with van der Waals surface area (Å²) in [7, 11) is 0. The Kier molecular flexibility index (Phi) is 9.56. The molecule has 0 radical (unpaired) electrons. The zero-order valence-electron chi connectivity index (χ0n) is 17.7. The molecule has 1 fully saturated rings. The average Bonchev–Trinajstić information content (AvgIpc) is 2.73. The van der Waals surface area contributed by atoms with E-state index in [0.29, 0.717) is 12.5 Å².